The van der Waals surface area contributed by atoms with Crippen LogP contribution in [0, 0.1) is 0 Å². The number of amides is 1. The largest absolute Gasteiger partial charge is 0.306 e. The molecule has 0 atom stereocenters. The van der Waals surface area contributed by atoms with Gasteiger partial charge in [0, 0.05) is 23.5 Å². The molecule has 0 unspecified atom stereocenters. The fourth-order valence-electron chi connectivity index (χ4n) is 1.93. The highest BCUT2D eigenvalue weighted by Gasteiger charge is 2.09. The summed E-state index contributed by atoms with van der Waals surface area (Å²) < 4.78 is 0. The van der Waals surface area contributed by atoms with Gasteiger partial charge in [-0.2, -0.15) is 0 Å². The fourth-order valence-corrected chi connectivity index (χ4v) is 2.16. The van der Waals surface area contributed by atoms with Gasteiger partial charge in [0.2, 0.25) is 0 Å². The van der Waals surface area contributed by atoms with E-state index in [0.29, 0.717) is 22.1 Å². The van der Waals surface area contributed by atoms with E-state index in [9.17, 15) is 4.79 Å². The van der Waals surface area contributed by atoms with Crippen molar-refractivity contribution >= 4 is 23.3 Å². The summed E-state index contributed by atoms with van der Waals surface area (Å²) in [6.07, 6.45) is 4.62. The van der Waals surface area contributed by atoms with Crippen molar-refractivity contribution in [3.05, 3.63) is 71.8 Å². The lowest BCUT2D eigenvalue weighted by molar-refractivity contribution is 0.102. The molecule has 5 nitrogen and oxygen atoms in total. The Morgan fingerprint density at radius 2 is 1.82 bits per heavy atom. The Morgan fingerprint density at radius 1 is 1.00 bits per heavy atom. The van der Waals surface area contributed by atoms with Crippen LogP contribution in [-0.2, 0) is 0 Å². The van der Waals surface area contributed by atoms with Gasteiger partial charge in [0.05, 0.1) is 10.7 Å². The van der Waals surface area contributed by atoms with E-state index in [1.165, 1.54) is 6.33 Å². The predicted octanol–water partition coefficient (Wildman–Crippen LogP) is 3.44. The second kappa shape index (κ2) is 6.32. The number of benzene rings is 1. The maximum atomic E-state index is 12.1. The van der Waals surface area contributed by atoms with Crippen LogP contribution in [0.15, 0.2) is 61.2 Å². The Hall–Kier alpha value is -2.79. The van der Waals surface area contributed by atoms with Crippen molar-refractivity contribution in [3.8, 4) is 11.3 Å². The van der Waals surface area contributed by atoms with Gasteiger partial charge in [-0.15, -0.1) is 0 Å². The van der Waals surface area contributed by atoms with Crippen LogP contribution in [0.25, 0.3) is 11.3 Å². The van der Waals surface area contributed by atoms with Gasteiger partial charge in [0.15, 0.2) is 0 Å². The lowest BCUT2D eigenvalue weighted by Crippen LogP contribution is -2.12. The Labute approximate surface area is 132 Å². The van der Waals surface area contributed by atoms with Gasteiger partial charge in [0.1, 0.15) is 12.1 Å². The van der Waals surface area contributed by atoms with Crippen LogP contribution in [0.1, 0.15) is 10.4 Å². The average molecular weight is 311 g/mol. The summed E-state index contributed by atoms with van der Waals surface area (Å²) in [6.45, 7) is 0. The maximum absolute atomic E-state index is 12.1. The number of hydrogen-bond donors (Lipinski definition) is 1. The van der Waals surface area contributed by atoms with Crippen molar-refractivity contribution in [2.75, 3.05) is 5.32 Å². The molecule has 0 saturated carbocycles. The molecule has 108 valence electrons. The van der Waals surface area contributed by atoms with Crippen LogP contribution in [0.2, 0.25) is 5.02 Å². The van der Waals surface area contributed by atoms with Crippen LogP contribution in [0.5, 0.6) is 0 Å². The summed E-state index contributed by atoms with van der Waals surface area (Å²) >= 11 is 6.11. The third-order valence-electron chi connectivity index (χ3n) is 3.00. The standard InChI is InChI=1S/C16H11ClN4O/c17-13-2-1-8-19-15(13)11-3-5-12(6-4-11)16(22)21-14-7-9-18-10-20-14/h1-10H,(H,18,20,21,22). The molecule has 6 heteroatoms. The molecule has 1 N–H and O–H groups in total. The van der Waals surface area contributed by atoms with E-state index in [2.05, 4.69) is 20.3 Å². The number of nitrogens with one attached hydrogen (secondary N) is 1. The van der Waals surface area contributed by atoms with Crippen molar-refractivity contribution in [1.29, 1.82) is 0 Å². The van der Waals surface area contributed by atoms with Gasteiger partial charge in [0.25, 0.3) is 5.91 Å². The first-order chi connectivity index (χ1) is 10.7. The number of halogens is 1. The molecular formula is C16H11ClN4O. The van der Waals surface area contributed by atoms with E-state index in [4.69, 9.17) is 11.6 Å². The summed E-state index contributed by atoms with van der Waals surface area (Å²) in [4.78, 5) is 24.1. The number of anilines is 1. The first kappa shape index (κ1) is 14.2. The predicted molar refractivity (Wildman–Crippen MR) is 84.7 cm³/mol. The highest BCUT2D eigenvalue weighted by molar-refractivity contribution is 6.33. The Balaban J connectivity index is 1.80. The van der Waals surface area contributed by atoms with Gasteiger partial charge < -0.3 is 5.32 Å². The fraction of sp³-hybridized carbons (Fsp3) is 0. The molecule has 0 bridgehead atoms. The van der Waals surface area contributed by atoms with Crippen molar-refractivity contribution in [3.63, 3.8) is 0 Å². The highest BCUT2D eigenvalue weighted by Crippen LogP contribution is 2.25. The molecule has 2 aromatic heterocycles. The summed E-state index contributed by atoms with van der Waals surface area (Å²) in [5.41, 5.74) is 2.06. The van der Waals surface area contributed by atoms with Crippen molar-refractivity contribution in [2.24, 2.45) is 0 Å². The average Bonchev–Trinajstić information content (AvgIpc) is 2.56. The van der Waals surface area contributed by atoms with Crippen molar-refractivity contribution in [1.82, 2.24) is 15.0 Å². The third kappa shape index (κ3) is 3.10. The van der Waals surface area contributed by atoms with Crippen molar-refractivity contribution < 1.29 is 4.79 Å². The highest BCUT2D eigenvalue weighted by atomic mass is 35.5. The van der Waals surface area contributed by atoms with Gasteiger partial charge in [-0.25, -0.2) is 9.97 Å². The second-order valence-corrected chi connectivity index (χ2v) is 4.87. The van der Waals surface area contributed by atoms with E-state index in [1.807, 2.05) is 12.1 Å². The first-order valence-electron chi connectivity index (χ1n) is 6.52. The summed E-state index contributed by atoms with van der Waals surface area (Å²) in [7, 11) is 0. The van der Waals surface area contributed by atoms with E-state index in [-0.39, 0.29) is 5.91 Å². The van der Waals surface area contributed by atoms with Crippen LogP contribution in [0.3, 0.4) is 0 Å². The minimum Gasteiger partial charge on any atom is -0.306 e. The Kier molecular flexibility index (Phi) is 4.07. The van der Waals surface area contributed by atoms with Crippen LogP contribution >= 0.6 is 11.6 Å². The van der Waals surface area contributed by atoms with Crippen LogP contribution in [-0.4, -0.2) is 20.9 Å². The number of rotatable bonds is 3. The minimum absolute atomic E-state index is 0.239. The lowest BCUT2D eigenvalue weighted by Gasteiger charge is -2.06. The van der Waals surface area contributed by atoms with Crippen LogP contribution < -0.4 is 5.32 Å². The minimum atomic E-state index is -0.239. The molecule has 0 spiro atoms. The topological polar surface area (TPSA) is 67.8 Å². The molecule has 0 aliphatic carbocycles. The molecule has 0 aliphatic heterocycles. The third-order valence-corrected chi connectivity index (χ3v) is 3.31. The number of hydrogen-bond acceptors (Lipinski definition) is 4. The monoisotopic (exact) mass is 310 g/mol. The zero-order chi connectivity index (χ0) is 15.4. The molecule has 2 heterocycles. The zero-order valence-electron chi connectivity index (χ0n) is 11.4. The van der Waals surface area contributed by atoms with E-state index < -0.39 is 0 Å². The number of carbonyl (C=O) groups is 1. The summed E-state index contributed by atoms with van der Waals surface area (Å²) in [5.74, 6) is 0.217. The number of pyridine rings is 1. The van der Waals surface area contributed by atoms with Gasteiger partial charge in [-0.3, -0.25) is 9.78 Å². The quantitative estimate of drug-likeness (QED) is 0.804. The Bertz CT molecular complexity index is 791. The molecule has 0 aliphatic rings. The molecule has 1 aromatic carbocycles. The second-order valence-electron chi connectivity index (χ2n) is 4.46. The molecule has 1 amide bonds. The van der Waals surface area contributed by atoms with Crippen LogP contribution in [0.4, 0.5) is 5.82 Å². The first-order valence-corrected chi connectivity index (χ1v) is 6.90. The number of aromatic nitrogens is 3. The van der Waals surface area contributed by atoms with E-state index in [1.54, 1.807) is 42.7 Å². The Morgan fingerprint density at radius 3 is 2.50 bits per heavy atom. The number of nitrogens with zero attached hydrogens (tertiary/aromatic N) is 3. The van der Waals surface area contributed by atoms with Crippen molar-refractivity contribution in [2.45, 2.75) is 0 Å². The SMILES string of the molecule is O=C(Nc1ccncn1)c1ccc(-c2ncccc2Cl)cc1. The molecular weight excluding hydrogens is 300 g/mol. The van der Waals surface area contributed by atoms with Gasteiger partial charge >= 0.3 is 0 Å². The molecule has 22 heavy (non-hydrogen) atoms. The van der Waals surface area contributed by atoms with Gasteiger partial charge in [-0.1, -0.05) is 23.7 Å². The summed E-state index contributed by atoms with van der Waals surface area (Å²) in [6, 6.07) is 12.2. The molecule has 0 saturated heterocycles. The summed E-state index contributed by atoms with van der Waals surface area (Å²) in [5, 5.41) is 3.27. The lowest BCUT2D eigenvalue weighted by atomic mass is 10.1. The molecule has 0 radical (unpaired) electrons. The number of carbonyl (C=O) groups excluding carboxylic acids is 1. The zero-order valence-corrected chi connectivity index (χ0v) is 12.2. The smallest absolute Gasteiger partial charge is 0.256 e. The van der Waals surface area contributed by atoms with E-state index in [0.717, 1.165) is 5.56 Å². The van der Waals surface area contributed by atoms with E-state index >= 15 is 0 Å². The maximum Gasteiger partial charge on any atom is 0.256 e. The molecule has 0 fully saturated rings. The van der Waals surface area contributed by atoms with Gasteiger partial charge in [-0.05, 0) is 30.3 Å². The molecule has 3 aromatic rings. The normalized spacial score (nSPS) is 10.2. The molecule has 3 rings (SSSR count).